The van der Waals surface area contributed by atoms with E-state index >= 15 is 0 Å². The van der Waals surface area contributed by atoms with Crippen LogP contribution in [0.25, 0.3) is 6.08 Å². The van der Waals surface area contributed by atoms with Crippen LogP contribution in [0, 0.1) is 0 Å². The minimum Gasteiger partial charge on any atom is -0.497 e. The second-order valence-corrected chi connectivity index (χ2v) is 5.97. The van der Waals surface area contributed by atoms with Gasteiger partial charge < -0.3 is 15.0 Å². The highest BCUT2D eigenvalue weighted by Crippen LogP contribution is 2.12. The van der Waals surface area contributed by atoms with E-state index in [4.69, 9.17) is 4.74 Å². The lowest BCUT2D eigenvalue weighted by Gasteiger charge is -2.16. The maximum atomic E-state index is 11.8. The zero-order valence-electron chi connectivity index (χ0n) is 14.9. The van der Waals surface area contributed by atoms with E-state index in [1.165, 1.54) is 5.56 Å². The quantitative estimate of drug-likeness (QED) is 0.563. The Hall–Kier alpha value is -2.59. The molecule has 0 saturated heterocycles. The molecule has 0 atom stereocenters. The van der Waals surface area contributed by atoms with Crippen molar-refractivity contribution in [2.75, 3.05) is 27.2 Å². The van der Waals surface area contributed by atoms with Crippen LogP contribution in [0.4, 0.5) is 0 Å². The fourth-order valence-corrected chi connectivity index (χ4v) is 2.48. The van der Waals surface area contributed by atoms with Crippen molar-refractivity contribution in [1.29, 1.82) is 0 Å². The highest BCUT2D eigenvalue weighted by molar-refractivity contribution is 5.91. The highest BCUT2D eigenvalue weighted by Gasteiger charge is 2.01. The van der Waals surface area contributed by atoms with Gasteiger partial charge >= 0.3 is 0 Å². The van der Waals surface area contributed by atoms with Crippen molar-refractivity contribution in [2.24, 2.45) is 0 Å². The van der Waals surface area contributed by atoms with Gasteiger partial charge in [0.15, 0.2) is 0 Å². The summed E-state index contributed by atoms with van der Waals surface area (Å²) in [6.07, 6.45) is 4.29. The van der Waals surface area contributed by atoms with Gasteiger partial charge in [-0.25, -0.2) is 0 Å². The molecule has 0 saturated carbocycles. The zero-order chi connectivity index (χ0) is 17.9. The van der Waals surface area contributed by atoms with Crippen molar-refractivity contribution < 1.29 is 9.53 Å². The summed E-state index contributed by atoms with van der Waals surface area (Å²) in [5.74, 6) is 0.739. The van der Waals surface area contributed by atoms with Gasteiger partial charge in [-0.1, -0.05) is 42.5 Å². The third-order valence-corrected chi connectivity index (χ3v) is 3.85. The second kappa shape index (κ2) is 10.3. The number of nitrogens with zero attached hydrogens (tertiary/aromatic N) is 1. The van der Waals surface area contributed by atoms with Gasteiger partial charge in [-0.3, -0.25) is 4.79 Å². The van der Waals surface area contributed by atoms with E-state index in [2.05, 4.69) is 41.5 Å². The molecule has 4 nitrogen and oxygen atoms in total. The summed E-state index contributed by atoms with van der Waals surface area (Å²) < 4.78 is 5.11. The van der Waals surface area contributed by atoms with Crippen LogP contribution >= 0.6 is 0 Å². The average molecular weight is 338 g/mol. The van der Waals surface area contributed by atoms with E-state index in [1.807, 2.05) is 30.3 Å². The molecule has 0 bridgehead atoms. The number of rotatable bonds is 9. The molecule has 0 aliphatic rings. The van der Waals surface area contributed by atoms with Crippen molar-refractivity contribution >= 4 is 12.0 Å². The molecule has 0 heterocycles. The Bertz CT molecular complexity index is 666. The Labute approximate surface area is 150 Å². The monoisotopic (exact) mass is 338 g/mol. The number of ether oxygens (including phenoxy) is 1. The highest BCUT2D eigenvalue weighted by atomic mass is 16.5. The summed E-state index contributed by atoms with van der Waals surface area (Å²) in [5, 5.41) is 2.92. The topological polar surface area (TPSA) is 41.6 Å². The lowest BCUT2D eigenvalue weighted by Crippen LogP contribution is -2.26. The summed E-state index contributed by atoms with van der Waals surface area (Å²) in [7, 11) is 3.73. The van der Waals surface area contributed by atoms with Gasteiger partial charge in [-0.2, -0.15) is 0 Å². The van der Waals surface area contributed by atoms with Gasteiger partial charge in [0.05, 0.1) is 7.11 Å². The average Bonchev–Trinajstić information content (AvgIpc) is 2.65. The number of carbonyl (C=O) groups is 1. The first-order chi connectivity index (χ1) is 12.2. The molecule has 25 heavy (non-hydrogen) atoms. The van der Waals surface area contributed by atoms with Crippen molar-refractivity contribution in [1.82, 2.24) is 10.2 Å². The van der Waals surface area contributed by atoms with Gasteiger partial charge in [0.2, 0.25) is 5.91 Å². The Morgan fingerprint density at radius 1 is 1.12 bits per heavy atom. The standard InChI is InChI=1S/C21H26N2O2/c1-23(17-19-7-4-3-5-8-19)16-6-15-22-21(24)14-11-18-9-12-20(25-2)13-10-18/h3-5,7-14H,6,15-17H2,1-2H3,(H,22,24)/b14-11+. The van der Waals surface area contributed by atoms with Crippen molar-refractivity contribution in [3.8, 4) is 5.75 Å². The van der Waals surface area contributed by atoms with Gasteiger partial charge in [-0.15, -0.1) is 0 Å². The van der Waals surface area contributed by atoms with Crippen LogP contribution in [-0.4, -0.2) is 38.1 Å². The molecule has 0 fully saturated rings. The molecule has 0 aliphatic carbocycles. The number of hydrogen-bond donors (Lipinski definition) is 1. The van der Waals surface area contributed by atoms with Gasteiger partial charge in [-0.05, 0) is 49.3 Å². The van der Waals surface area contributed by atoms with E-state index in [-0.39, 0.29) is 5.91 Å². The number of methoxy groups -OCH3 is 1. The fourth-order valence-electron chi connectivity index (χ4n) is 2.48. The Morgan fingerprint density at radius 3 is 2.52 bits per heavy atom. The summed E-state index contributed by atoms with van der Waals surface area (Å²) in [6.45, 7) is 2.54. The fraction of sp³-hybridized carbons (Fsp3) is 0.286. The number of hydrogen-bond acceptors (Lipinski definition) is 3. The third-order valence-electron chi connectivity index (χ3n) is 3.85. The van der Waals surface area contributed by atoms with Gasteiger partial charge in [0, 0.05) is 19.2 Å². The minimum absolute atomic E-state index is 0.0680. The first-order valence-electron chi connectivity index (χ1n) is 8.50. The molecule has 0 unspecified atom stereocenters. The molecule has 132 valence electrons. The van der Waals surface area contributed by atoms with Crippen LogP contribution in [0.2, 0.25) is 0 Å². The molecule has 4 heteroatoms. The first kappa shape index (κ1) is 18.7. The summed E-state index contributed by atoms with van der Waals surface area (Å²) in [6, 6.07) is 18.0. The van der Waals surface area contributed by atoms with E-state index in [0.717, 1.165) is 30.8 Å². The van der Waals surface area contributed by atoms with Crippen LogP contribution in [0.3, 0.4) is 0 Å². The molecule has 1 N–H and O–H groups in total. The maximum absolute atomic E-state index is 11.8. The van der Waals surface area contributed by atoms with Crippen LogP contribution < -0.4 is 10.1 Å². The molecule has 0 radical (unpaired) electrons. The lowest BCUT2D eigenvalue weighted by atomic mass is 10.2. The minimum atomic E-state index is -0.0680. The van der Waals surface area contributed by atoms with Crippen LogP contribution in [0.5, 0.6) is 5.75 Å². The maximum Gasteiger partial charge on any atom is 0.243 e. The Balaban J connectivity index is 1.63. The molecule has 2 aromatic rings. The van der Waals surface area contributed by atoms with Crippen molar-refractivity contribution in [2.45, 2.75) is 13.0 Å². The second-order valence-electron chi connectivity index (χ2n) is 5.97. The molecule has 1 amide bonds. The normalized spacial score (nSPS) is 11.0. The van der Waals surface area contributed by atoms with Gasteiger partial charge in [0.25, 0.3) is 0 Å². The molecular weight excluding hydrogens is 312 g/mol. The van der Waals surface area contributed by atoms with Crippen LogP contribution in [0.1, 0.15) is 17.5 Å². The first-order valence-corrected chi connectivity index (χ1v) is 8.50. The lowest BCUT2D eigenvalue weighted by molar-refractivity contribution is -0.116. The zero-order valence-corrected chi connectivity index (χ0v) is 14.9. The van der Waals surface area contributed by atoms with Crippen molar-refractivity contribution in [3.63, 3.8) is 0 Å². The molecule has 0 aliphatic heterocycles. The van der Waals surface area contributed by atoms with E-state index in [1.54, 1.807) is 19.3 Å². The number of benzene rings is 2. The predicted molar refractivity (Wildman–Crippen MR) is 102 cm³/mol. The molecule has 2 rings (SSSR count). The molecule has 0 spiro atoms. The largest absolute Gasteiger partial charge is 0.497 e. The summed E-state index contributed by atoms with van der Waals surface area (Å²) >= 11 is 0. The molecule has 0 aromatic heterocycles. The Kier molecular flexibility index (Phi) is 7.73. The summed E-state index contributed by atoms with van der Waals surface area (Å²) in [5.41, 5.74) is 2.27. The van der Waals surface area contributed by atoms with E-state index in [9.17, 15) is 4.79 Å². The van der Waals surface area contributed by atoms with E-state index < -0.39 is 0 Å². The number of carbonyl (C=O) groups excluding carboxylic acids is 1. The number of amides is 1. The SMILES string of the molecule is COc1ccc(/C=C/C(=O)NCCCN(C)Cc2ccccc2)cc1. The predicted octanol–water partition coefficient (Wildman–Crippen LogP) is 3.35. The van der Waals surface area contributed by atoms with Crippen LogP contribution in [0.15, 0.2) is 60.7 Å². The smallest absolute Gasteiger partial charge is 0.243 e. The molecule has 2 aromatic carbocycles. The third kappa shape index (κ3) is 7.23. The molecular formula is C21H26N2O2. The number of nitrogens with one attached hydrogen (secondary N) is 1. The van der Waals surface area contributed by atoms with E-state index in [0.29, 0.717) is 6.54 Å². The summed E-state index contributed by atoms with van der Waals surface area (Å²) in [4.78, 5) is 14.1. The van der Waals surface area contributed by atoms with Crippen LogP contribution in [-0.2, 0) is 11.3 Å². The van der Waals surface area contributed by atoms with Crippen molar-refractivity contribution in [3.05, 3.63) is 71.8 Å². The van der Waals surface area contributed by atoms with Gasteiger partial charge in [0.1, 0.15) is 5.75 Å². The Morgan fingerprint density at radius 2 is 1.84 bits per heavy atom.